The van der Waals surface area contributed by atoms with Crippen LogP contribution in [0.2, 0.25) is 0 Å². The van der Waals surface area contributed by atoms with Crippen LogP contribution in [0.3, 0.4) is 0 Å². The monoisotopic (exact) mass is 181 g/mol. The molecule has 2 aliphatic rings. The molecule has 0 bridgehead atoms. The number of nitrogens with zero attached hydrogens (tertiary/aromatic N) is 1. The van der Waals surface area contributed by atoms with E-state index in [2.05, 4.69) is 6.92 Å². The van der Waals surface area contributed by atoms with E-state index in [0.29, 0.717) is 11.9 Å². The van der Waals surface area contributed by atoms with Crippen molar-refractivity contribution in [2.24, 2.45) is 5.41 Å². The summed E-state index contributed by atoms with van der Waals surface area (Å²) in [6.07, 6.45) is 7.18. The van der Waals surface area contributed by atoms with E-state index in [0.717, 1.165) is 12.8 Å². The molecule has 0 heterocycles. The SMILES string of the molecule is CN(C(=O)C1(C)CCC1)C1CCC1. The molecule has 2 fully saturated rings. The van der Waals surface area contributed by atoms with Gasteiger partial charge in [-0.2, -0.15) is 0 Å². The largest absolute Gasteiger partial charge is 0.342 e. The maximum atomic E-state index is 12.0. The van der Waals surface area contributed by atoms with E-state index < -0.39 is 0 Å². The topological polar surface area (TPSA) is 20.3 Å². The van der Waals surface area contributed by atoms with Gasteiger partial charge in [0, 0.05) is 18.5 Å². The first kappa shape index (κ1) is 9.04. The number of carbonyl (C=O) groups excluding carboxylic acids is 1. The molecule has 0 radical (unpaired) electrons. The lowest BCUT2D eigenvalue weighted by molar-refractivity contribution is -0.148. The second kappa shape index (κ2) is 3.00. The zero-order valence-corrected chi connectivity index (χ0v) is 8.68. The molecule has 74 valence electrons. The number of rotatable bonds is 2. The Morgan fingerprint density at radius 3 is 2.23 bits per heavy atom. The Morgan fingerprint density at radius 1 is 1.31 bits per heavy atom. The molecule has 2 rings (SSSR count). The van der Waals surface area contributed by atoms with Gasteiger partial charge in [-0.15, -0.1) is 0 Å². The van der Waals surface area contributed by atoms with Gasteiger partial charge in [-0.3, -0.25) is 4.79 Å². The third-order valence-corrected chi connectivity index (χ3v) is 3.92. The van der Waals surface area contributed by atoms with E-state index in [1.54, 1.807) is 0 Å². The van der Waals surface area contributed by atoms with Crippen LogP contribution < -0.4 is 0 Å². The minimum atomic E-state index is 0.00431. The van der Waals surface area contributed by atoms with Crippen LogP contribution in [-0.4, -0.2) is 23.9 Å². The van der Waals surface area contributed by atoms with Crippen molar-refractivity contribution in [3.63, 3.8) is 0 Å². The summed E-state index contributed by atoms with van der Waals surface area (Å²) < 4.78 is 0. The summed E-state index contributed by atoms with van der Waals surface area (Å²) in [4.78, 5) is 14.0. The molecule has 0 unspecified atom stereocenters. The van der Waals surface area contributed by atoms with Crippen molar-refractivity contribution >= 4 is 5.91 Å². The molecule has 0 spiro atoms. The molecule has 2 nitrogen and oxygen atoms in total. The lowest BCUT2D eigenvalue weighted by Gasteiger charge is -2.44. The van der Waals surface area contributed by atoms with E-state index in [1.807, 2.05) is 11.9 Å². The van der Waals surface area contributed by atoms with E-state index >= 15 is 0 Å². The van der Waals surface area contributed by atoms with Crippen molar-refractivity contribution in [3.8, 4) is 0 Å². The van der Waals surface area contributed by atoms with Crippen molar-refractivity contribution < 1.29 is 4.79 Å². The molecule has 0 saturated heterocycles. The average Bonchev–Trinajstić information content (AvgIpc) is 1.95. The smallest absolute Gasteiger partial charge is 0.228 e. The van der Waals surface area contributed by atoms with Gasteiger partial charge in [0.25, 0.3) is 0 Å². The number of hydrogen-bond acceptors (Lipinski definition) is 1. The average molecular weight is 181 g/mol. The zero-order valence-electron chi connectivity index (χ0n) is 8.68. The van der Waals surface area contributed by atoms with Gasteiger partial charge in [-0.1, -0.05) is 13.3 Å². The fourth-order valence-corrected chi connectivity index (χ4v) is 2.29. The normalized spacial score (nSPS) is 26.0. The van der Waals surface area contributed by atoms with Crippen LogP contribution in [0.5, 0.6) is 0 Å². The Kier molecular flexibility index (Phi) is 2.09. The quantitative estimate of drug-likeness (QED) is 0.639. The van der Waals surface area contributed by atoms with Gasteiger partial charge in [0.2, 0.25) is 5.91 Å². The number of carbonyl (C=O) groups is 1. The summed E-state index contributed by atoms with van der Waals surface area (Å²) >= 11 is 0. The first-order valence-corrected chi connectivity index (χ1v) is 5.41. The van der Waals surface area contributed by atoms with Crippen molar-refractivity contribution in [1.82, 2.24) is 4.90 Å². The first-order valence-electron chi connectivity index (χ1n) is 5.41. The summed E-state index contributed by atoms with van der Waals surface area (Å²) in [5.41, 5.74) is 0.00431. The van der Waals surface area contributed by atoms with Crippen LogP contribution in [0.4, 0.5) is 0 Å². The van der Waals surface area contributed by atoms with Gasteiger partial charge in [0.1, 0.15) is 0 Å². The Hall–Kier alpha value is -0.530. The van der Waals surface area contributed by atoms with Gasteiger partial charge < -0.3 is 4.90 Å². The second-order valence-electron chi connectivity index (χ2n) is 4.91. The minimum absolute atomic E-state index is 0.00431. The van der Waals surface area contributed by atoms with Gasteiger partial charge in [0.15, 0.2) is 0 Å². The lowest BCUT2D eigenvalue weighted by atomic mass is 9.69. The van der Waals surface area contributed by atoms with Gasteiger partial charge >= 0.3 is 0 Å². The Labute approximate surface area is 80.3 Å². The van der Waals surface area contributed by atoms with Crippen molar-refractivity contribution in [3.05, 3.63) is 0 Å². The predicted octanol–water partition coefficient (Wildman–Crippen LogP) is 2.19. The zero-order chi connectivity index (χ0) is 9.47. The Bertz CT molecular complexity index is 216. The lowest BCUT2D eigenvalue weighted by Crippen LogP contribution is -2.50. The summed E-state index contributed by atoms with van der Waals surface area (Å²) in [5.74, 6) is 0.392. The molecule has 0 aromatic carbocycles. The van der Waals surface area contributed by atoms with Crippen LogP contribution in [0.15, 0.2) is 0 Å². The third kappa shape index (κ3) is 1.36. The highest BCUT2D eigenvalue weighted by atomic mass is 16.2. The predicted molar refractivity (Wildman–Crippen MR) is 52.4 cm³/mol. The summed E-state index contributed by atoms with van der Waals surface area (Å²) in [6.45, 7) is 2.12. The minimum Gasteiger partial charge on any atom is -0.342 e. The van der Waals surface area contributed by atoms with Gasteiger partial charge in [-0.25, -0.2) is 0 Å². The first-order chi connectivity index (χ1) is 6.13. The highest BCUT2D eigenvalue weighted by Gasteiger charge is 2.42. The number of amides is 1. The standard InChI is InChI=1S/C11H19NO/c1-11(7-4-8-11)10(13)12(2)9-5-3-6-9/h9H,3-8H2,1-2H3. The van der Waals surface area contributed by atoms with E-state index in [1.165, 1.54) is 25.7 Å². The van der Waals surface area contributed by atoms with Gasteiger partial charge in [0.05, 0.1) is 0 Å². The molecule has 0 N–H and O–H groups in total. The molecule has 1 amide bonds. The van der Waals surface area contributed by atoms with E-state index in [-0.39, 0.29) is 5.41 Å². The maximum absolute atomic E-state index is 12.0. The molecule has 2 saturated carbocycles. The Balaban J connectivity index is 1.95. The third-order valence-electron chi connectivity index (χ3n) is 3.92. The van der Waals surface area contributed by atoms with Crippen LogP contribution in [0, 0.1) is 5.41 Å². The van der Waals surface area contributed by atoms with E-state index in [9.17, 15) is 4.79 Å². The highest BCUT2D eigenvalue weighted by molar-refractivity contribution is 5.83. The molecule has 0 atom stereocenters. The van der Waals surface area contributed by atoms with Crippen LogP contribution in [0.1, 0.15) is 45.4 Å². The second-order valence-corrected chi connectivity index (χ2v) is 4.91. The van der Waals surface area contributed by atoms with Crippen LogP contribution in [0.25, 0.3) is 0 Å². The van der Waals surface area contributed by atoms with Crippen molar-refractivity contribution in [2.75, 3.05) is 7.05 Å². The molecule has 13 heavy (non-hydrogen) atoms. The summed E-state index contributed by atoms with van der Waals surface area (Å²) in [5, 5.41) is 0. The van der Waals surface area contributed by atoms with Gasteiger partial charge in [-0.05, 0) is 32.1 Å². The molecule has 0 aromatic heterocycles. The van der Waals surface area contributed by atoms with Crippen LogP contribution in [-0.2, 0) is 4.79 Å². The van der Waals surface area contributed by atoms with Crippen LogP contribution >= 0.6 is 0 Å². The molecule has 2 aliphatic carbocycles. The van der Waals surface area contributed by atoms with Crippen molar-refractivity contribution in [2.45, 2.75) is 51.5 Å². The summed E-state index contributed by atoms with van der Waals surface area (Å²) in [6, 6.07) is 0.560. The van der Waals surface area contributed by atoms with Crippen molar-refractivity contribution in [1.29, 1.82) is 0 Å². The molecular weight excluding hydrogens is 162 g/mol. The molecule has 2 heteroatoms. The molecular formula is C11H19NO. The number of hydrogen-bond donors (Lipinski definition) is 0. The summed E-state index contributed by atoms with van der Waals surface area (Å²) in [7, 11) is 1.98. The highest BCUT2D eigenvalue weighted by Crippen LogP contribution is 2.42. The fraction of sp³-hybridized carbons (Fsp3) is 0.909. The van der Waals surface area contributed by atoms with E-state index in [4.69, 9.17) is 0 Å². The fourth-order valence-electron chi connectivity index (χ4n) is 2.29. The maximum Gasteiger partial charge on any atom is 0.228 e. The Morgan fingerprint density at radius 2 is 1.92 bits per heavy atom. The molecule has 0 aliphatic heterocycles. The molecule has 0 aromatic rings.